The number of hydrogen-bond donors (Lipinski definition) is 3. The van der Waals surface area contributed by atoms with E-state index in [4.69, 9.17) is 11.5 Å². The van der Waals surface area contributed by atoms with Crippen molar-refractivity contribution in [3.8, 4) is 0 Å². The number of primary amides is 2. The topological polar surface area (TPSA) is 127 Å². The number of rotatable bonds is 9. The van der Waals surface area contributed by atoms with E-state index in [2.05, 4.69) is 22.2 Å². The van der Waals surface area contributed by atoms with Gasteiger partial charge in [-0.2, -0.15) is 0 Å². The summed E-state index contributed by atoms with van der Waals surface area (Å²) >= 11 is 0. The molecule has 0 spiro atoms. The van der Waals surface area contributed by atoms with Gasteiger partial charge in [0.25, 0.3) is 0 Å². The van der Waals surface area contributed by atoms with E-state index in [0.717, 1.165) is 13.0 Å². The van der Waals surface area contributed by atoms with Gasteiger partial charge < -0.3 is 16.8 Å². The van der Waals surface area contributed by atoms with Crippen molar-refractivity contribution in [1.82, 2.24) is 14.9 Å². The molecule has 0 radical (unpaired) electrons. The van der Waals surface area contributed by atoms with Crippen molar-refractivity contribution in [3.05, 3.63) is 18.1 Å². The average molecular weight is 280 g/mol. The summed E-state index contributed by atoms with van der Waals surface area (Å²) < 4.78 is 0. The Morgan fingerprint density at radius 3 is 2.30 bits per heavy atom. The Labute approximate surface area is 117 Å². The fourth-order valence-corrected chi connectivity index (χ4v) is 1.62. The van der Waals surface area contributed by atoms with E-state index in [9.17, 15) is 9.59 Å². The first kappa shape index (κ1) is 15.8. The highest BCUT2D eigenvalue weighted by Crippen LogP contribution is 2.04. The van der Waals surface area contributed by atoms with Crippen LogP contribution in [-0.4, -0.2) is 46.3 Å². The van der Waals surface area contributed by atoms with Gasteiger partial charge in [0, 0.05) is 13.1 Å². The summed E-state index contributed by atoms with van der Waals surface area (Å²) in [5, 5.41) is 3.10. The molecule has 2 amide bonds. The van der Waals surface area contributed by atoms with Crippen molar-refractivity contribution >= 4 is 17.6 Å². The first-order valence-corrected chi connectivity index (χ1v) is 6.35. The number of carbonyl (C=O) groups excluding carboxylic acids is 2. The third-order valence-corrected chi connectivity index (χ3v) is 2.41. The molecule has 1 rings (SSSR count). The molecule has 0 aliphatic rings. The van der Waals surface area contributed by atoms with Crippen LogP contribution in [0.5, 0.6) is 0 Å². The molecule has 1 aromatic heterocycles. The van der Waals surface area contributed by atoms with Gasteiger partial charge in [0.15, 0.2) is 0 Å². The third kappa shape index (κ3) is 6.10. The number of amides is 2. The highest BCUT2D eigenvalue weighted by molar-refractivity contribution is 5.79. The molecule has 0 bridgehead atoms. The van der Waals surface area contributed by atoms with Crippen LogP contribution < -0.4 is 16.8 Å². The monoisotopic (exact) mass is 280 g/mol. The van der Waals surface area contributed by atoms with Crippen LogP contribution in [0.4, 0.5) is 5.82 Å². The normalized spacial score (nSPS) is 10.5. The summed E-state index contributed by atoms with van der Waals surface area (Å²) in [6, 6.07) is 0. The number of nitrogens with two attached hydrogens (primary N) is 2. The number of anilines is 1. The largest absolute Gasteiger partial charge is 0.369 e. The molecule has 1 aromatic rings. The Bertz CT molecular complexity index is 432. The second-order valence-corrected chi connectivity index (χ2v) is 4.40. The fraction of sp³-hybridized carbons (Fsp3) is 0.500. The smallest absolute Gasteiger partial charge is 0.231 e. The predicted octanol–water partition coefficient (Wildman–Crippen LogP) is -0.929. The van der Waals surface area contributed by atoms with Crippen LogP contribution in [0, 0.1) is 0 Å². The second-order valence-electron chi connectivity index (χ2n) is 4.40. The van der Waals surface area contributed by atoms with Crippen LogP contribution in [0.1, 0.15) is 19.0 Å². The van der Waals surface area contributed by atoms with Gasteiger partial charge in [0.05, 0.1) is 31.2 Å². The van der Waals surface area contributed by atoms with Crippen molar-refractivity contribution < 1.29 is 9.59 Å². The molecule has 0 unspecified atom stereocenters. The highest BCUT2D eigenvalue weighted by atomic mass is 16.2. The van der Waals surface area contributed by atoms with Crippen molar-refractivity contribution in [2.24, 2.45) is 11.5 Å². The minimum absolute atomic E-state index is 0.0551. The first-order valence-electron chi connectivity index (χ1n) is 6.35. The van der Waals surface area contributed by atoms with Crippen LogP contribution in [0.2, 0.25) is 0 Å². The lowest BCUT2D eigenvalue weighted by Crippen LogP contribution is -2.39. The van der Waals surface area contributed by atoms with Gasteiger partial charge in [-0.25, -0.2) is 4.98 Å². The minimum Gasteiger partial charge on any atom is -0.369 e. The van der Waals surface area contributed by atoms with Crippen LogP contribution in [0.15, 0.2) is 12.4 Å². The van der Waals surface area contributed by atoms with Crippen molar-refractivity contribution in [1.29, 1.82) is 0 Å². The summed E-state index contributed by atoms with van der Waals surface area (Å²) in [7, 11) is 0. The summed E-state index contributed by atoms with van der Waals surface area (Å²) in [4.78, 5) is 31.8. The average Bonchev–Trinajstić information content (AvgIpc) is 2.36. The minimum atomic E-state index is -0.527. The highest BCUT2D eigenvalue weighted by Gasteiger charge is 2.12. The molecule has 20 heavy (non-hydrogen) atoms. The Morgan fingerprint density at radius 1 is 1.20 bits per heavy atom. The molecule has 0 fully saturated rings. The summed E-state index contributed by atoms with van der Waals surface area (Å²) in [5.74, 6) is -0.368. The van der Waals surface area contributed by atoms with Crippen molar-refractivity contribution in [2.45, 2.75) is 19.9 Å². The lowest BCUT2D eigenvalue weighted by atomic mass is 10.3. The molecular weight excluding hydrogens is 260 g/mol. The fourth-order valence-electron chi connectivity index (χ4n) is 1.62. The number of nitrogens with one attached hydrogen (secondary N) is 1. The van der Waals surface area contributed by atoms with Crippen molar-refractivity contribution in [3.63, 3.8) is 0 Å². The summed E-state index contributed by atoms with van der Waals surface area (Å²) in [6.45, 7) is 3.05. The summed E-state index contributed by atoms with van der Waals surface area (Å²) in [5.41, 5.74) is 10.9. The Morgan fingerprint density at radius 2 is 1.85 bits per heavy atom. The van der Waals surface area contributed by atoms with Gasteiger partial charge in [-0.1, -0.05) is 6.92 Å². The maximum atomic E-state index is 10.9. The zero-order chi connectivity index (χ0) is 15.0. The molecule has 8 nitrogen and oxygen atoms in total. The zero-order valence-electron chi connectivity index (χ0n) is 11.5. The molecule has 0 aliphatic heterocycles. The van der Waals surface area contributed by atoms with Gasteiger partial charge in [-0.05, 0) is 6.42 Å². The molecule has 8 heteroatoms. The molecule has 1 heterocycles. The molecule has 0 aromatic carbocycles. The number of hydrogen-bond acceptors (Lipinski definition) is 6. The summed E-state index contributed by atoms with van der Waals surface area (Å²) in [6.07, 6.45) is 4.19. The molecule has 110 valence electrons. The molecule has 0 atom stereocenters. The number of nitrogens with zero attached hydrogens (tertiary/aromatic N) is 3. The van der Waals surface area contributed by atoms with E-state index >= 15 is 0 Å². The van der Waals surface area contributed by atoms with Gasteiger partial charge >= 0.3 is 0 Å². The molecule has 0 saturated heterocycles. The van der Waals surface area contributed by atoms with E-state index in [0.29, 0.717) is 11.5 Å². The van der Waals surface area contributed by atoms with E-state index in [1.165, 1.54) is 4.90 Å². The lowest BCUT2D eigenvalue weighted by molar-refractivity contribution is -0.122. The van der Waals surface area contributed by atoms with Crippen molar-refractivity contribution in [2.75, 3.05) is 25.0 Å². The van der Waals surface area contributed by atoms with Crippen LogP contribution in [0.3, 0.4) is 0 Å². The second kappa shape index (κ2) is 8.05. The Balaban J connectivity index is 2.62. The van der Waals surface area contributed by atoms with Gasteiger partial charge in [0.2, 0.25) is 11.8 Å². The standard InChI is InChI=1S/C12H20N6O2/c1-2-3-15-12-5-16-9(4-17-12)6-18(7-10(13)19)8-11(14)20/h4-5H,2-3,6-8H2,1H3,(H2,13,19)(H2,14,20)(H,15,17). The maximum Gasteiger partial charge on any atom is 0.231 e. The zero-order valence-corrected chi connectivity index (χ0v) is 11.5. The quantitative estimate of drug-likeness (QED) is 0.536. The Kier molecular flexibility index (Phi) is 6.38. The predicted molar refractivity (Wildman–Crippen MR) is 74.5 cm³/mol. The van der Waals surface area contributed by atoms with E-state index in [1.807, 2.05) is 0 Å². The first-order chi connectivity index (χ1) is 9.51. The van der Waals surface area contributed by atoms with Gasteiger partial charge in [-0.3, -0.25) is 19.5 Å². The lowest BCUT2D eigenvalue weighted by Gasteiger charge is -2.18. The van der Waals surface area contributed by atoms with Gasteiger partial charge in [-0.15, -0.1) is 0 Å². The SMILES string of the molecule is CCCNc1cnc(CN(CC(N)=O)CC(N)=O)cn1. The third-order valence-electron chi connectivity index (χ3n) is 2.41. The number of carbonyl (C=O) groups is 2. The number of aromatic nitrogens is 2. The maximum absolute atomic E-state index is 10.9. The Hall–Kier alpha value is -2.22. The van der Waals surface area contributed by atoms with E-state index in [1.54, 1.807) is 12.4 Å². The molecule has 5 N–H and O–H groups in total. The molecule has 0 saturated carbocycles. The van der Waals surface area contributed by atoms with Crippen LogP contribution in [-0.2, 0) is 16.1 Å². The molecule has 0 aliphatic carbocycles. The van der Waals surface area contributed by atoms with Gasteiger partial charge in [0.1, 0.15) is 5.82 Å². The van der Waals surface area contributed by atoms with E-state index in [-0.39, 0.29) is 19.6 Å². The molecular formula is C12H20N6O2. The van der Waals surface area contributed by atoms with Crippen LogP contribution in [0.25, 0.3) is 0 Å². The van der Waals surface area contributed by atoms with Crippen LogP contribution >= 0.6 is 0 Å². The van der Waals surface area contributed by atoms with E-state index < -0.39 is 11.8 Å².